The van der Waals surface area contributed by atoms with Crippen molar-refractivity contribution in [3.63, 3.8) is 0 Å². The van der Waals surface area contributed by atoms with Crippen molar-refractivity contribution in [2.75, 3.05) is 5.32 Å². The molecule has 1 unspecified atom stereocenters. The van der Waals surface area contributed by atoms with Crippen molar-refractivity contribution < 1.29 is 4.52 Å². The minimum absolute atomic E-state index is 0.0828. The SMILES string of the molecule is c1ccc(Cc2noc(C3Cc4ccccc4N3)n2)cc1. The van der Waals surface area contributed by atoms with Crippen molar-refractivity contribution >= 4 is 5.69 Å². The van der Waals surface area contributed by atoms with Crippen LogP contribution in [0.1, 0.15) is 28.9 Å². The van der Waals surface area contributed by atoms with E-state index in [2.05, 4.69) is 45.8 Å². The Labute approximate surface area is 122 Å². The number of hydrogen-bond acceptors (Lipinski definition) is 4. The standard InChI is InChI=1S/C17H15N3O/c1-2-6-12(7-3-1)10-16-19-17(21-20-16)15-11-13-8-4-5-9-14(13)18-15/h1-9,15,18H,10-11H2. The number of nitrogens with zero attached hydrogens (tertiary/aromatic N) is 2. The Balaban J connectivity index is 1.51. The number of nitrogens with one attached hydrogen (secondary N) is 1. The molecule has 2 aromatic carbocycles. The molecule has 0 saturated heterocycles. The number of rotatable bonds is 3. The van der Waals surface area contributed by atoms with Crippen LogP contribution in [0.15, 0.2) is 59.1 Å². The van der Waals surface area contributed by atoms with Gasteiger partial charge < -0.3 is 9.84 Å². The van der Waals surface area contributed by atoms with Gasteiger partial charge in [0.05, 0.1) is 0 Å². The predicted octanol–water partition coefficient (Wildman–Crippen LogP) is 3.37. The van der Waals surface area contributed by atoms with Gasteiger partial charge in [0, 0.05) is 18.5 Å². The van der Waals surface area contributed by atoms with Crippen LogP contribution < -0.4 is 5.32 Å². The van der Waals surface area contributed by atoms with Gasteiger partial charge >= 0.3 is 0 Å². The molecule has 0 spiro atoms. The van der Waals surface area contributed by atoms with Crippen molar-refractivity contribution in [3.05, 3.63) is 77.4 Å². The third-order valence-electron chi connectivity index (χ3n) is 3.76. The van der Waals surface area contributed by atoms with Crippen LogP contribution in [0, 0.1) is 0 Å². The van der Waals surface area contributed by atoms with Crippen molar-refractivity contribution in [1.82, 2.24) is 10.1 Å². The van der Waals surface area contributed by atoms with Gasteiger partial charge in [0.1, 0.15) is 6.04 Å². The van der Waals surface area contributed by atoms with Crippen LogP contribution in [0.3, 0.4) is 0 Å². The Morgan fingerprint density at radius 3 is 2.71 bits per heavy atom. The summed E-state index contributed by atoms with van der Waals surface area (Å²) < 4.78 is 5.43. The lowest BCUT2D eigenvalue weighted by Crippen LogP contribution is -2.06. The predicted molar refractivity (Wildman–Crippen MR) is 80.1 cm³/mol. The molecule has 0 aliphatic carbocycles. The van der Waals surface area contributed by atoms with E-state index in [9.17, 15) is 0 Å². The second-order valence-electron chi connectivity index (χ2n) is 5.27. The van der Waals surface area contributed by atoms with E-state index in [-0.39, 0.29) is 6.04 Å². The average molecular weight is 277 g/mol. The Bertz CT molecular complexity index is 726. The van der Waals surface area contributed by atoms with E-state index < -0.39 is 0 Å². The summed E-state index contributed by atoms with van der Waals surface area (Å²) in [5.41, 5.74) is 3.64. The lowest BCUT2D eigenvalue weighted by molar-refractivity contribution is 0.360. The molecule has 1 aliphatic heterocycles. The van der Waals surface area contributed by atoms with Gasteiger partial charge in [-0.1, -0.05) is 53.7 Å². The van der Waals surface area contributed by atoms with E-state index in [0.717, 1.165) is 17.9 Å². The monoisotopic (exact) mass is 277 g/mol. The van der Waals surface area contributed by atoms with Gasteiger partial charge in [-0.15, -0.1) is 0 Å². The van der Waals surface area contributed by atoms with E-state index in [0.29, 0.717) is 12.3 Å². The van der Waals surface area contributed by atoms with Gasteiger partial charge in [0.15, 0.2) is 5.82 Å². The minimum atomic E-state index is 0.0828. The summed E-state index contributed by atoms with van der Waals surface area (Å²) in [6.45, 7) is 0. The molecular weight excluding hydrogens is 262 g/mol. The zero-order valence-corrected chi connectivity index (χ0v) is 11.5. The fourth-order valence-electron chi connectivity index (χ4n) is 2.71. The van der Waals surface area contributed by atoms with Crippen LogP contribution in [-0.4, -0.2) is 10.1 Å². The first-order valence-electron chi connectivity index (χ1n) is 7.09. The molecule has 0 saturated carbocycles. The molecule has 1 aromatic heterocycles. The van der Waals surface area contributed by atoms with Crippen LogP contribution in [0.2, 0.25) is 0 Å². The Morgan fingerprint density at radius 2 is 1.86 bits per heavy atom. The molecule has 4 heteroatoms. The summed E-state index contributed by atoms with van der Waals surface area (Å²) in [5, 5.41) is 7.52. The summed E-state index contributed by atoms with van der Waals surface area (Å²) in [7, 11) is 0. The molecule has 4 rings (SSSR count). The van der Waals surface area contributed by atoms with Crippen LogP contribution >= 0.6 is 0 Å². The molecule has 104 valence electrons. The van der Waals surface area contributed by atoms with Crippen molar-refractivity contribution in [2.24, 2.45) is 0 Å². The summed E-state index contributed by atoms with van der Waals surface area (Å²) in [6, 6.07) is 18.6. The minimum Gasteiger partial charge on any atom is -0.373 e. The second kappa shape index (κ2) is 5.05. The van der Waals surface area contributed by atoms with E-state index in [1.807, 2.05) is 24.3 Å². The molecule has 0 amide bonds. The van der Waals surface area contributed by atoms with Crippen molar-refractivity contribution in [3.8, 4) is 0 Å². The molecular formula is C17H15N3O. The molecule has 2 heterocycles. The molecule has 21 heavy (non-hydrogen) atoms. The number of hydrogen-bond donors (Lipinski definition) is 1. The van der Waals surface area contributed by atoms with Gasteiger partial charge in [0.2, 0.25) is 5.89 Å². The summed E-state index contributed by atoms with van der Waals surface area (Å²) in [5.74, 6) is 1.39. The van der Waals surface area contributed by atoms with Crippen molar-refractivity contribution in [2.45, 2.75) is 18.9 Å². The van der Waals surface area contributed by atoms with Crippen LogP contribution in [0.25, 0.3) is 0 Å². The van der Waals surface area contributed by atoms with E-state index in [1.165, 1.54) is 11.1 Å². The summed E-state index contributed by atoms with van der Waals surface area (Å²) in [4.78, 5) is 4.53. The third kappa shape index (κ3) is 2.40. The largest absolute Gasteiger partial charge is 0.373 e. The second-order valence-corrected chi connectivity index (χ2v) is 5.27. The van der Waals surface area contributed by atoms with Crippen LogP contribution in [0.4, 0.5) is 5.69 Å². The van der Waals surface area contributed by atoms with E-state index in [1.54, 1.807) is 0 Å². The molecule has 1 aliphatic rings. The number of fused-ring (bicyclic) bond motifs is 1. The number of anilines is 1. The number of para-hydroxylation sites is 1. The Hall–Kier alpha value is -2.62. The summed E-state index contributed by atoms with van der Waals surface area (Å²) >= 11 is 0. The highest BCUT2D eigenvalue weighted by atomic mass is 16.5. The van der Waals surface area contributed by atoms with Gasteiger partial charge in [-0.25, -0.2) is 0 Å². The first-order valence-corrected chi connectivity index (χ1v) is 7.09. The van der Waals surface area contributed by atoms with E-state index in [4.69, 9.17) is 4.52 Å². The fourth-order valence-corrected chi connectivity index (χ4v) is 2.71. The first-order chi connectivity index (χ1) is 10.4. The maximum atomic E-state index is 5.43. The number of benzene rings is 2. The molecule has 0 bridgehead atoms. The van der Waals surface area contributed by atoms with Gasteiger partial charge in [0.25, 0.3) is 0 Å². The van der Waals surface area contributed by atoms with E-state index >= 15 is 0 Å². The highest BCUT2D eigenvalue weighted by Crippen LogP contribution is 2.33. The molecule has 0 radical (unpaired) electrons. The van der Waals surface area contributed by atoms with Gasteiger partial charge in [-0.3, -0.25) is 0 Å². The molecule has 4 nitrogen and oxygen atoms in total. The summed E-state index contributed by atoms with van der Waals surface area (Å²) in [6.07, 6.45) is 1.59. The molecule has 1 atom stereocenters. The maximum absolute atomic E-state index is 5.43. The maximum Gasteiger partial charge on any atom is 0.249 e. The number of aromatic nitrogens is 2. The smallest absolute Gasteiger partial charge is 0.249 e. The zero-order chi connectivity index (χ0) is 14.1. The van der Waals surface area contributed by atoms with Gasteiger partial charge in [-0.05, 0) is 17.2 Å². The van der Waals surface area contributed by atoms with Crippen LogP contribution in [-0.2, 0) is 12.8 Å². The lowest BCUT2D eigenvalue weighted by Gasteiger charge is -2.04. The Morgan fingerprint density at radius 1 is 1.05 bits per heavy atom. The molecule has 3 aromatic rings. The average Bonchev–Trinajstić information content (AvgIpc) is 3.14. The quantitative estimate of drug-likeness (QED) is 0.797. The lowest BCUT2D eigenvalue weighted by atomic mass is 10.1. The highest BCUT2D eigenvalue weighted by molar-refractivity contribution is 5.56. The fraction of sp³-hybridized carbons (Fsp3) is 0.176. The Kier molecular flexibility index (Phi) is 2.92. The zero-order valence-electron chi connectivity index (χ0n) is 11.5. The third-order valence-corrected chi connectivity index (χ3v) is 3.76. The molecule has 0 fully saturated rings. The highest BCUT2D eigenvalue weighted by Gasteiger charge is 2.26. The first kappa shape index (κ1) is 12.1. The van der Waals surface area contributed by atoms with Crippen LogP contribution in [0.5, 0.6) is 0 Å². The van der Waals surface area contributed by atoms with Gasteiger partial charge in [-0.2, -0.15) is 4.98 Å². The normalized spacial score (nSPS) is 16.5. The van der Waals surface area contributed by atoms with Crippen molar-refractivity contribution in [1.29, 1.82) is 0 Å². The topological polar surface area (TPSA) is 51.0 Å². The molecule has 1 N–H and O–H groups in total.